The zero-order valence-corrected chi connectivity index (χ0v) is 15.8. The van der Waals surface area contributed by atoms with Gasteiger partial charge < -0.3 is 14.5 Å². The molecule has 0 unspecified atom stereocenters. The Morgan fingerprint density at radius 3 is 2.50 bits per heavy atom. The molecule has 3 heterocycles. The summed E-state index contributed by atoms with van der Waals surface area (Å²) >= 11 is 13.4. The van der Waals surface area contributed by atoms with Crippen molar-refractivity contribution in [2.24, 2.45) is 0 Å². The van der Waals surface area contributed by atoms with Gasteiger partial charge in [0.2, 0.25) is 0 Å². The number of anilines is 1. The number of methoxy groups -OCH3 is 1. The third kappa shape index (κ3) is 4.25. The number of piperazine rings is 1. The molecule has 0 amide bonds. The monoisotopic (exact) mass is 384 g/mol. The largest absolute Gasteiger partial charge is 0.494 e. The standard InChI is InChI=1S/C16H18Cl2N4OS/c1-21-3-5-22(6-4-21)12-10-19-15(9-13(12)23-2)24-16-8-11(17)7-14(18)20-16/h7-10H,3-6H2,1-2H3. The van der Waals surface area contributed by atoms with Gasteiger partial charge in [0.1, 0.15) is 21.0 Å². The van der Waals surface area contributed by atoms with Crippen LogP contribution in [-0.4, -0.2) is 55.2 Å². The Balaban J connectivity index is 1.81. The van der Waals surface area contributed by atoms with Gasteiger partial charge in [-0.15, -0.1) is 0 Å². The van der Waals surface area contributed by atoms with Crippen LogP contribution in [0.1, 0.15) is 0 Å². The van der Waals surface area contributed by atoms with E-state index < -0.39 is 0 Å². The van der Waals surface area contributed by atoms with Gasteiger partial charge in [-0.05, 0) is 30.9 Å². The quantitative estimate of drug-likeness (QED) is 0.748. The third-order valence-corrected chi connectivity index (χ3v) is 5.09. The van der Waals surface area contributed by atoms with Crippen LogP contribution in [0.3, 0.4) is 0 Å². The number of rotatable bonds is 4. The normalized spacial score (nSPS) is 15.6. The van der Waals surface area contributed by atoms with E-state index in [0.717, 1.165) is 42.6 Å². The first-order valence-corrected chi connectivity index (χ1v) is 9.11. The van der Waals surface area contributed by atoms with Gasteiger partial charge in [0.05, 0.1) is 19.0 Å². The van der Waals surface area contributed by atoms with Gasteiger partial charge in [-0.1, -0.05) is 23.2 Å². The topological polar surface area (TPSA) is 41.5 Å². The Morgan fingerprint density at radius 2 is 1.83 bits per heavy atom. The fourth-order valence-electron chi connectivity index (χ4n) is 2.52. The van der Waals surface area contributed by atoms with Gasteiger partial charge in [0.25, 0.3) is 0 Å². The predicted octanol–water partition coefficient (Wildman–Crippen LogP) is 3.70. The summed E-state index contributed by atoms with van der Waals surface area (Å²) in [7, 11) is 3.81. The Kier molecular flexibility index (Phi) is 5.71. The number of halogens is 2. The molecule has 8 heteroatoms. The maximum atomic E-state index is 6.02. The van der Waals surface area contributed by atoms with Crippen LogP contribution in [0.2, 0.25) is 10.2 Å². The van der Waals surface area contributed by atoms with Crippen LogP contribution < -0.4 is 9.64 Å². The van der Waals surface area contributed by atoms with Crippen molar-refractivity contribution in [2.45, 2.75) is 10.1 Å². The van der Waals surface area contributed by atoms with Gasteiger partial charge >= 0.3 is 0 Å². The van der Waals surface area contributed by atoms with Gasteiger partial charge in [-0.25, -0.2) is 9.97 Å². The highest BCUT2D eigenvalue weighted by Gasteiger charge is 2.18. The van der Waals surface area contributed by atoms with Crippen molar-refractivity contribution in [3.8, 4) is 5.75 Å². The van der Waals surface area contributed by atoms with E-state index in [2.05, 4.69) is 26.8 Å². The highest BCUT2D eigenvalue weighted by Crippen LogP contribution is 2.34. The number of likely N-dealkylation sites (N-methyl/N-ethyl adjacent to an activating group) is 1. The highest BCUT2D eigenvalue weighted by atomic mass is 35.5. The molecule has 0 aliphatic carbocycles. The predicted molar refractivity (Wildman–Crippen MR) is 98.9 cm³/mol. The lowest BCUT2D eigenvalue weighted by Crippen LogP contribution is -2.44. The smallest absolute Gasteiger partial charge is 0.146 e. The molecule has 2 aromatic rings. The van der Waals surface area contributed by atoms with Crippen molar-refractivity contribution in [3.05, 3.63) is 34.6 Å². The first-order valence-electron chi connectivity index (χ1n) is 7.53. The summed E-state index contributed by atoms with van der Waals surface area (Å²) in [5, 5.41) is 2.41. The molecule has 0 aromatic carbocycles. The van der Waals surface area contributed by atoms with Crippen molar-refractivity contribution in [2.75, 3.05) is 45.2 Å². The van der Waals surface area contributed by atoms with E-state index in [4.69, 9.17) is 27.9 Å². The van der Waals surface area contributed by atoms with Gasteiger partial charge in [0, 0.05) is 37.3 Å². The van der Waals surface area contributed by atoms with Crippen LogP contribution in [0.5, 0.6) is 5.75 Å². The summed E-state index contributed by atoms with van der Waals surface area (Å²) in [6.45, 7) is 3.99. The lowest BCUT2D eigenvalue weighted by Gasteiger charge is -2.34. The molecule has 24 heavy (non-hydrogen) atoms. The maximum absolute atomic E-state index is 6.02. The lowest BCUT2D eigenvalue weighted by molar-refractivity contribution is 0.311. The molecule has 2 aromatic heterocycles. The summed E-state index contributed by atoms with van der Waals surface area (Å²) in [5.41, 5.74) is 1.02. The summed E-state index contributed by atoms with van der Waals surface area (Å²) in [5.74, 6) is 0.810. The van der Waals surface area contributed by atoms with Crippen molar-refractivity contribution in [1.82, 2.24) is 14.9 Å². The fraction of sp³-hybridized carbons (Fsp3) is 0.375. The molecule has 0 spiro atoms. The SMILES string of the molecule is COc1cc(Sc2cc(Cl)cc(Cl)n2)ncc1N1CCN(C)CC1. The Hall–Kier alpha value is -1.21. The van der Waals surface area contributed by atoms with Crippen molar-refractivity contribution >= 4 is 40.7 Å². The average molecular weight is 385 g/mol. The first kappa shape index (κ1) is 17.6. The number of hydrogen-bond acceptors (Lipinski definition) is 6. The Labute approximate surface area is 155 Å². The number of pyridine rings is 2. The molecule has 0 saturated carbocycles. The molecule has 3 rings (SSSR count). The molecule has 1 fully saturated rings. The number of hydrogen-bond donors (Lipinski definition) is 0. The second-order valence-electron chi connectivity index (χ2n) is 5.53. The minimum atomic E-state index is 0.367. The molecule has 0 radical (unpaired) electrons. The van der Waals surface area contributed by atoms with E-state index in [9.17, 15) is 0 Å². The molecule has 0 bridgehead atoms. The molecule has 0 N–H and O–H groups in total. The minimum Gasteiger partial charge on any atom is -0.494 e. The first-order chi connectivity index (χ1) is 11.5. The molecule has 1 aliphatic heterocycles. The van der Waals surface area contributed by atoms with Crippen molar-refractivity contribution in [1.29, 1.82) is 0 Å². The molecule has 0 atom stereocenters. The van der Waals surface area contributed by atoms with E-state index in [1.165, 1.54) is 11.8 Å². The molecule has 1 aliphatic rings. The highest BCUT2D eigenvalue weighted by molar-refractivity contribution is 7.99. The molecular weight excluding hydrogens is 367 g/mol. The summed E-state index contributed by atoms with van der Waals surface area (Å²) < 4.78 is 5.57. The van der Waals surface area contributed by atoms with Gasteiger partial charge in [-0.3, -0.25) is 0 Å². The van der Waals surface area contributed by atoms with E-state index in [1.54, 1.807) is 19.2 Å². The Bertz CT molecular complexity index is 703. The summed E-state index contributed by atoms with van der Waals surface area (Å²) in [4.78, 5) is 13.4. The minimum absolute atomic E-state index is 0.367. The molecule has 5 nitrogen and oxygen atoms in total. The summed E-state index contributed by atoms with van der Waals surface area (Å²) in [6, 6.07) is 5.30. The number of nitrogens with zero attached hydrogens (tertiary/aromatic N) is 4. The Morgan fingerprint density at radius 1 is 1.08 bits per heavy atom. The van der Waals surface area contributed by atoms with E-state index in [-0.39, 0.29) is 0 Å². The van der Waals surface area contributed by atoms with Crippen LogP contribution in [0.4, 0.5) is 5.69 Å². The molecular formula is C16H18Cl2N4OS. The van der Waals surface area contributed by atoms with Crippen molar-refractivity contribution < 1.29 is 4.74 Å². The lowest BCUT2D eigenvalue weighted by atomic mass is 10.2. The maximum Gasteiger partial charge on any atom is 0.146 e. The molecule has 128 valence electrons. The zero-order chi connectivity index (χ0) is 17.1. The fourth-order valence-corrected chi connectivity index (χ4v) is 3.92. The van der Waals surface area contributed by atoms with Crippen LogP contribution >= 0.6 is 35.0 Å². The van der Waals surface area contributed by atoms with Crippen LogP contribution in [0.25, 0.3) is 0 Å². The third-order valence-electron chi connectivity index (χ3n) is 3.83. The number of aromatic nitrogens is 2. The van der Waals surface area contributed by atoms with E-state index in [0.29, 0.717) is 15.2 Å². The second-order valence-corrected chi connectivity index (χ2v) is 7.40. The number of ether oxygens (including phenoxy) is 1. The average Bonchev–Trinajstić information content (AvgIpc) is 2.54. The van der Waals surface area contributed by atoms with Gasteiger partial charge in [-0.2, -0.15) is 0 Å². The summed E-state index contributed by atoms with van der Waals surface area (Å²) in [6.07, 6.45) is 1.86. The zero-order valence-electron chi connectivity index (χ0n) is 13.5. The van der Waals surface area contributed by atoms with Gasteiger partial charge in [0.15, 0.2) is 0 Å². The molecule has 1 saturated heterocycles. The van der Waals surface area contributed by atoms with E-state index >= 15 is 0 Å². The van der Waals surface area contributed by atoms with Crippen molar-refractivity contribution in [3.63, 3.8) is 0 Å². The van der Waals surface area contributed by atoms with Crippen LogP contribution in [0.15, 0.2) is 34.4 Å². The second kappa shape index (κ2) is 7.78. The van der Waals surface area contributed by atoms with Crippen LogP contribution in [0, 0.1) is 0 Å². The van der Waals surface area contributed by atoms with E-state index in [1.807, 2.05) is 12.3 Å². The van der Waals surface area contributed by atoms with Crippen LogP contribution in [-0.2, 0) is 0 Å².